The minimum absolute atomic E-state index is 0.109. The van der Waals surface area contributed by atoms with Gasteiger partial charge in [-0.2, -0.15) is 17.6 Å². The lowest BCUT2D eigenvalue weighted by Crippen LogP contribution is -2.47. The first-order valence-electron chi connectivity index (χ1n) is 12.0. The molecule has 0 spiro atoms. The van der Waals surface area contributed by atoms with Gasteiger partial charge in [0.2, 0.25) is 5.82 Å². The van der Waals surface area contributed by atoms with E-state index in [1.165, 1.54) is 13.1 Å². The number of ether oxygens (including phenoxy) is 3. The first kappa shape index (κ1) is 29.7. The zero-order chi connectivity index (χ0) is 28.4. The molecule has 1 aliphatic rings. The molecule has 2 heterocycles. The molecule has 1 amide bonds. The van der Waals surface area contributed by atoms with E-state index in [0.717, 1.165) is 26.2 Å². The molecule has 2 N–H and O–H groups in total. The highest BCUT2D eigenvalue weighted by atomic mass is 19.4. The standard InChI is InChI=1S/C26H32F5N3O4/c1-13(2)33-19(12-36-5)18-10-7-15(11-32-18)34-24(35)23-20(14(3)25(4,38-23)26(29,30)31)16-8-9-17(27)21(28)22(16)37-6/h7-11,13-14,19-20,23,33H,12H2,1-6H3,(H,34,35)/t14-,19-,20-,23+,25+/m0/s1. The van der Waals surface area contributed by atoms with Gasteiger partial charge in [-0.15, -0.1) is 0 Å². The van der Waals surface area contributed by atoms with Gasteiger partial charge in [0.15, 0.2) is 17.2 Å². The molecule has 3 rings (SSSR count). The average Bonchev–Trinajstić information content (AvgIpc) is 3.12. The van der Waals surface area contributed by atoms with Crippen molar-refractivity contribution in [3.05, 3.63) is 53.4 Å². The van der Waals surface area contributed by atoms with Gasteiger partial charge in [0.25, 0.3) is 5.91 Å². The minimum Gasteiger partial charge on any atom is -0.493 e. The summed E-state index contributed by atoms with van der Waals surface area (Å²) in [6.45, 7) is 6.36. The van der Waals surface area contributed by atoms with E-state index < -0.39 is 53.0 Å². The molecule has 38 heavy (non-hydrogen) atoms. The largest absolute Gasteiger partial charge is 0.493 e. The van der Waals surface area contributed by atoms with Gasteiger partial charge >= 0.3 is 6.18 Å². The van der Waals surface area contributed by atoms with E-state index in [2.05, 4.69) is 15.6 Å². The number of benzene rings is 1. The topological polar surface area (TPSA) is 81.7 Å². The third-order valence-electron chi connectivity index (χ3n) is 6.85. The SMILES string of the molecule is COC[C@H](NC(C)C)c1ccc(NC(=O)[C@@H]2O[C@@](C)(C(F)(F)F)[C@@H](C)[C@H]2c2ccc(F)c(F)c2OC)cn1. The number of halogens is 5. The molecule has 0 unspecified atom stereocenters. The zero-order valence-electron chi connectivity index (χ0n) is 22.0. The summed E-state index contributed by atoms with van der Waals surface area (Å²) in [6.07, 6.45) is -5.18. The third kappa shape index (κ3) is 5.76. The van der Waals surface area contributed by atoms with Gasteiger partial charge in [0.05, 0.1) is 37.3 Å². The minimum atomic E-state index is -4.85. The molecule has 1 fully saturated rings. The maximum atomic E-state index is 14.5. The lowest BCUT2D eigenvalue weighted by molar-refractivity contribution is -0.272. The number of rotatable bonds is 9. The molecule has 1 saturated heterocycles. The van der Waals surface area contributed by atoms with Crippen LogP contribution in [0.15, 0.2) is 30.5 Å². The van der Waals surface area contributed by atoms with Crippen LogP contribution >= 0.6 is 0 Å². The van der Waals surface area contributed by atoms with Crippen molar-refractivity contribution >= 4 is 11.6 Å². The Labute approximate surface area is 218 Å². The van der Waals surface area contributed by atoms with Crippen LogP contribution in [0.25, 0.3) is 0 Å². The van der Waals surface area contributed by atoms with E-state index in [9.17, 15) is 26.7 Å². The van der Waals surface area contributed by atoms with Crippen molar-refractivity contribution in [3.8, 4) is 5.75 Å². The van der Waals surface area contributed by atoms with E-state index in [4.69, 9.17) is 14.2 Å². The molecule has 12 heteroatoms. The summed E-state index contributed by atoms with van der Waals surface area (Å²) in [4.78, 5) is 17.7. The predicted molar refractivity (Wildman–Crippen MR) is 130 cm³/mol. The smallest absolute Gasteiger partial charge is 0.417 e. The Balaban J connectivity index is 1.95. The van der Waals surface area contributed by atoms with E-state index in [0.29, 0.717) is 12.3 Å². The second-order valence-electron chi connectivity index (χ2n) is 9.73. The summed E-state index contributed by atoms with van der Waals surface area (Å²) in [7, 11) is 2.62. The number of methoxy groups -OCH3 is 2. The molecule has 0 bridgehead atoms. The van der Waals surface area contributed by atoms with Crippen LogP contribution < -0.4 is 15.4 Å². The van der Waals surface area contributed by atoms with Crippen molar-refractivity contribution in [2.24, 2.45) is 5.92 Å². The van der Waals surface area contributed by atoms with Crippen LogP contribution in [0.2, 0.25) is 0 Å². The quantitative estimate of drug-likeness (QED) is 0.425. The Morgan fingerprint density at radius 2 is 1.87 bits per heavy atom. The van der Waals surface area contributed by atoms with Crippen LogP contribution in [-0.2, 0) is 14.3 Å². The molecule has 0 aliphatic carbocycles. The molecule has 5 atom stereocenters. The highest BCUT2D eigenvalue weighted by molar-refractivity contribution is 5.95. The number of alkyl halides is 3. The van der Waals surface area contributed by atoms with Crippen LogP contribution in [-0.4, -0.2) is 55.6 Å². The summed E-state index contributed by atoms with van der Waals surface area (Å²) in [5.41, 5.74) is -2.00. The normalized spacial score (nSPS) is 24.5. The Bertz CT molecular complexity index is 1130. The molecule has 0 radical (unpaired) electrons. The first-order valence-corrected chi connectivity index (χ1v) is 12.0. The van der Waals surface area contributed by atoms with E-state index in [-0.39, 0.29) is 23.3 Å². The molecule has 1 aromatic heterocycles. The second kappa shape index (κ2) is 11.5. The number of hydrogen-bond donors (Lipinski definition) is 2. The van der Waals surface area contributed by atoms with Gasteiger partial charge in [-0.25, -0.2) is 4.39 Å². The zero-order valence-corrected chi connectivity index (χ0v) is 22.0. The van der Waals surface area contributed by atoms with Gasteiger partial charge in [-0.05, 0) is 25.1 Å². The molecule has 1 aromatic carbocycles. The predicted octanol–water partition coefficient (Wildman–Crippen LogP) is 5.13. The summed E-state index contributed by atoms with van der Waals surface area (Å²) in [5, 5.41) is 5.84. The molecule has 0 saturated carbocycles. The number of nitrogens with zero attached hydrogens (tertiary/aromatic N) is 1. The Morgan fingerprint density at radius 1 is 1.18 bits per heavy atom. The molecule has 210 valence electrons. The summed E-state index contributed by atoms with van der Waals surface area (Å²) in [5.74, 6) is -6.74. The molecular weight excluding hydrogens is 513 g/mol. The van der Waals surface area contributed by atoms with Crippen LogP contribution in [0.1, 0.15) is 50.9 Å². The number of carbonyl (C=O) groups is 1. The highest BCUT2D eigenvalue weighted by Crippen LogP contribution is 2.55. The van der Waals surface area contributed by atoms with Crippen molar-refractivity contribution < 1.29 is 41.0 Å². The fourth-order valence-electron chi connectivity index (χ4n) is 4.73. The Kier molecular flexibility index (Phi) is 9.00. The van der Waals surface area contributed by atoms with Gasteiger partial charge in [-0.3, -0.25) is 9.78 Å². The van der Waals surface area contributed by atoms with Crippen LogP contribution in [0.5, 0.6) is 5.75 Å². The Hall–Kier alpha value is -2.83. The van der Waals surface area contributed by atoms with E-state index >= 15 is 0 Å². The third-order valence-corrected chi connectivity index (χ3v) is 6.85. The number of amides is 1. The van der Waals surface area contributed by atoms with Crippen molar-refractivity contribution in [3.63, 3.8) is 0 Å². The summed E-state index contributed by atoms with van der Waals surface area (Å²) < 4.78 is 86.2. The lowest BCUT2D eigenvalue weighted by Gasteiger charge is -2.32. The number of hydrogen-bond acceptors (Lipinski definition) is 6. The highest BCUT2D eigenvalue weighted by Gasteiger charge is 2.65. The van der Waals surface area contributed by atoms with Gasteiger partial charge < -0.3 is 24.8 Å². The van der Waals surface area contributed by atoms with Gasteiger partial charge in [0, 0.05) is 30.6 Å². The van der Waals surface area contributed by atoms with Gasteiger partial charge in [-0.1, -0.05) is 26.8 Å². The van der Waals surface area contributed by atoms with Crippen molar-refractivity contribution in [1.29, 1.82) is 0 Å². The summed E-state index contributed by atoms with van der Waals surface area (Å²) in [6, 6.07) is 5.02. The van der Waals surface area contributed by atoms with Crippen molar-refractivity contribution in [2.45, 2.75) is 63.6 Å². The second-order valence-corrected chi connectivity index (χ2v) is 9.73. The summed E-state index contributed by atoms with van der Waals surface area (Å²) >= 11 is 0. The molecule has 2 aromatic rings. The van der Waals surface area contributed by atoms with E-state index in [1.54, 1.807) is 19.2 Å². The number of aromatic nitrogens is 1. The maximum Gasteiger partial charge on any atom is 0.417 e. The lowest BCUT2D eigenvalue weighted by atomic mass is 9.77. The maximum absolute atomic E-state index is 14.5. The average molecular weight is 546 g/mol. The number of anilines is 1. The number of nitrogens with one attached hydrogen (secondary N) is 2. The monoisotopic (exact) mass is 545 g/mol. The fraction of sp³-hybridized carbons (Fsp3) is 0.538. The fourth-order valence-corrected chi connectivity index (χ4v) is 4.73. The number of pyridine rings is 1. The Morgan fingerprint density at radius 3 is 2.39 bits per heavy atom. The van der Waals surface area contributed by atoms with Gasteiger partial charge in [0.1, 0.15) is 6.10 Å². The van der Waals surface area contributed by atoms with E-state index in [1.807, 2.05) is 13.8 Å². The van der Waals surface area contributed by atoms with Crippen LogP contribution in [0, 0.1) is 17.6 Å². The van der Waals surface area contributed by atoms with Crippen molar-refractivity contribution in [2.75, 3.05) is 26.1 Å². The number of carbonyl (C=O) groups excluding carboxylic acids is 1. The van der Waals surface area contributed by atoms with Crippen LogP contribution in [0.4, 0.5) is 27.6 Å². The molecule has 7 nitrogen and oxygen atoms in total. The van der Waals surface area contributed by atoms with Crippen molar-refractivity contribution in [1.82, 2.24) is 10.3 Å². The molecule has 1 aliphatic heterocycles. The first-order chi connectivity index (χ1) is 17.7. The van der Waals surface area contributed by atoms with Crippen LogP contribution in [0.3, 0.4) is 0 Å². The molecular formula is C26H32F5N3O4.